The second kappa shape index (κ2) is 6.58. The first kappa shape index (κ1) is 15.2. The van der Waals surface area contributed by atoms with Gasteiger partial charge < -0.3 is 16.0 Å². The summed E-state index contributed by atoms with van der Waals surface area (Å²) in [5.41, 5.74) is 8.97. The predicted octanol–water partition coefficient (Wildman–Crippen LogP) is 1.93. The van der Waals surface area contributed by atoms with Gasteiger partial charge in [0.05, 0.1) is 5.52 Å². The number of likely N-dealkylation sites (N-methyl/N-ethyl adjacent to an activating group) is 2. The third-order valence-electron chi connectivity index (χ3n) is 3.83. The van der Waals surface area contributed by atoms with Crippen LogP contribution < -0.4 is 16.0 Å². The van der Waals surface area contributed by atoms with Crippen molar-refractivity contribution in [1.29, 1.82) is 0 Å². The van der Waals surface area contributed by atoms with Crippen LogP contribution in [0.1, 0.15) is 0 Å². The summed E-state index contributed by atoms with van der Waals surface area (Å²) in [6.07, 6.45) is 3.31. The highest BCUT2D eigenvalue weighted by atomic mass is 15.2. The largest absolute Gasteiger partial charge is 0.383 e. The summed E-state index contributed by atoms with van der Waals surface area (Å²) in [4.78, 5) is 14.9. The van der Waals surface area contributed by atoms with Crippen LogP contribution in [-0.4, -0.2) is 42.1 Å². The Morgan fingerprint density at radius 1 is 1.09 bits per heavy atom. The van der Waals surface area contributed by atoms with Crippen LogP contribution in [0.5, 0.6) is 0 Å². The molecule has 0 saturated carbocycles. The second-order valence-corrected chi connectivity index (χ2v) is 5.42. The van der Waals surface area contributed by atoms with Crippen molar-refractivity contribution in [3.63, 3.8) is 0 Å². The van der Waals surface area contributed by atoms with Gasteiger partial charge in [-0.1, -0.05) is 6.07 Å². The molecule has 0 radical (unpaired) electrons. The Labute approximate surface area is 135 Å². The van der Waals surface area contributed by atoms with Gasteiger partial charge in [-0.3, -0.25) is 0 Å². The fourth-order valence-electron chi connectivity index (χ4n) is 2.46. The van der Waals surface area contributed by atoms with Crippen LogP contribution in [0.3, 0.4) is 0 Å². The molecule has 0 fully saturated rings. The third kappa shape index (κ3) is 3.22. The topological polar surface area (TPSA) is 80.0 Å². The predicted molar refractivity (Wildman–Crippen MR) is 94.4 cm³/mol. The van der Waals surface area contributed by atoms with Gasteiger partial charge >= 0.3 is 0 Å². The lowest BCUT2D eigenvalue weighted by atomic mass is 10.0. The maximum atomic E-state index is 5.96. The highest BCUT2D eigenvalue weighted by Gasteiger charge is 2.07. The van der Waals surface area contributed by atoms with Gasteiger partial charge in [-0.15, -0.1) is 0 Å². The van der Waals surface area contributed by atoms with Crippen LogP contribution in [0, 0.1) is 0 Å². The molecule has 3 aromatic rings. The van der Waals surface area contributed by atoms with E-state index in [1.54, 1.807) is 0 Å². The van der Waals surface area contributed by atoms with E-state index in [1.165, 1.54) is 6.33 Å². The summed E-state index contributed by atoms with van der Waals surface area (Å²) in [6, 6.07) is 10.1. The van der Waals surface area contributed by atoms with E-state index in [0.29, 0.717) is 5.82 Å². The number of rotatable bonds is 5. The lowest BCUT2D eigenvalue weighted by Crippen LogP contribution is -2.27. The fourth-order valence-corrected chi connectivity index (χ4v) is 2.46. The first-order valence-corrected chi connectivity index (χ1v) is 7.51. The monoisotopic (exact) mass is 308 g/mol. The number of nitrogen functional groups attached to an aromatic ring is 1. The molecule has 3 N–H and O–H groups in total. The van der Waals surface area contributed by atoms with E-state index in [1.807, 2.05) is 44.6 Å². The van der Waals surface area contributed by atoms with E-state index in [0.717, 1.165) is 40.9 Å². The SMILES string of the molecule is CNCCN(C)c1cc(-c2ccc3ncnc(N)c3c2)ccn1. The quantitative estimate of drug-likeness (QED) is 0.750. The maximum absolute atomic E-state index is 5.96. The number of aromatic nitrogens is 3. The van der Waals surface area contributed by atoms with Crippen molar-refractivity contribution >= 4 is 22.5 Å². The summed E-state index contributed by atoms with van der Waals surface area (Å²) in [5, 5.41) is 4.01. The average molecular weight is 308 g/mol. The summed E-state index contributed by atoms with van der Waals surface area (Å²) >= 11 is 0. The lowest BCUT2D eigenvalue weighted by molar-refractivity contribution is 0.761. The van der Waals surface area contributed by atoms with Gasteiger partial charge in [0.1, 0.15) is 18.0 Å². The van der Waals surface area contributed by atoms with Gasteiger partial charge in [0.15, 0.2) is 0 Å². The molecule has 23 heavy (non-hydrogen) atoms. The molecule has 0 amide bonds. The molecule has 3 rings (SSSR count). The van der Waals surface area contributed by atoms with E-state index in [9.17, 15) is 0 Å². The molecule has 0 aliphatic rings. The number of fused-ring (bicyclic) bond motifs is 1. The molecule has 6 heteroatoms. The molecule has 6 nitrogen and oxygen atoms in total. The normalized spacial score (nSPS) is 10.9. The summed E-state index contributed by atoms with van der Waals surface area (Å²) in [6.45, 7) is 1.80. The molecule has 0 unspecified atom stereocenters. The maximum Gasteiger partial charge on any atom is 0.134 e. The van der Waals surface area contributed by atoms with Crippen molar-refractivity contribution in [2.75, 3.05) is 37.8 Å². The van der Waals surface area contributed by atoms with E-state index in [-0.39, 0.29) is 0 Å². The van der Waals surface area contributed by atoms with Crippen LogP contribution in [0.2, 0.25) is 0 Å². The van der Waals surface area contributed by atoms with Gasteiger partial charge in [0.2, 0.25) is 0 Å². The van der Waals surface area contributed by atoms with Crippen LogP contribution >= 0.6 is 0 Å². The molecule has 0 aliphatic carbocycles. The summed E-state index contributed by atoms with van der Waals surface area (Å²) in [5.74, 6) is 1.44. The smallest absolute Gasteiger partial charge is 0.134 e. The Morgan fingerprint density at radius 2 is 1.91 bits per heavy atom. The van der Waals surface area contributed by atoms with Gasteiger partial charge in [0.25, 0.3) is 0 Å². The Bertz CT molecular complexity index is 817. The van der Waals surface area contributed by atoms with E-state index in [2.05, 4.69) is 31.2 Å². The number of nitrogens with zero attached hydrogens (tertiary/aromatic N) is 4. The van der Waals surface area contributed by atoms with Crippen LogP contribution in [0.15, 0.2) is 42.9 Å². The molecule has 2 heterocycles. The molecule has 0 aliphatic heterocycles. The Balaban J connectivity index is 1.97. The van der Waals surface area contributed by atoms with Gasteiger partial charge in [-0.2, -0.15) is 0 Å². The van der Waals surface area contributed by atoms with Crippen molar-refractivity contribution < 1.29 is 0 Å². The number of benzene rings is 1. The number of nitrogens with one attached hydrogen (secondary N) is 1. The van der Waals surface area contributed by atoms with E-state index < -0.39 is 0 Å². The van der Waals surface area contributed by atoms with Gasteiger partial charge in [0, 0.05) is 31.7 Å². The van der Waals surface area contributed by atoms with Crippen LogP contribution in [0.25, 0.3) is 22.0 Å². The Kier molecular flexibility index (Phi) is 4.34. The van der Waals surface area contributed by atoms with Crippen molar-refractivity contribution in [2.24, 2.45) is 0 Å². The molecular weight excluding hydrogens is 288 g/mol. The molecule has 118 valence electrons. The van der Waals surface area contributed by atoms with Crippen LogP contribution in [0.4, 0.5) is 11.6 Å². The number of hydrogen-bond donors (Lipinski definition) is 2. The highest BCUT2D eigenvalue weighted by Crippen LogP contribution is 2.27. The zero-order valence-electron chi connectivity index (χ0n) is 13.3. The highest BCUT2D eigenvalue weighted by molar-refractivity contribution is 5.91. The standard InChI is InChI=1S/C17H20N6/c1-19-7-8-23(2)16-10-13(5-6-20-16)12-3-4-15-14(9-12)17(18)22-11-21-15/h3-6,9-11,19H,7-8H2,1-2H3,(H2,18,21,22). The van der Waals surface area contributed by atoms with Crippen molar-refractivity contribution in [1.82, 2.24) is 20.3 Å². The molecule has 1 aromatic carbocycles. The molecule has 2 aromatic heterocycles. The summed E-state index contributed by atoms with van der Waals surface area (Å²) in [7, 11) is 3.98. The third-order valence-corrected chi connectivity index (χ3v) is 3.83. The van der Waals surface area contributed by atoms with E-state index in [4.69, 9.17) is 5.73 Å². The number of anilines is 2. The molecule has 0 spiro atoms. The zero-order chi connectivity index (χ0) is 16.2. The number of nitrogens with two attached hydrogens (primary N) is 1. The summed E-state index contributed by atoms with van der Waals surface area (Å²) < 4.78 is 0. The molecule has 0 bridgehead atoms. The van der Waals surface area contributed by atoms with Gasteiger partial charge in [-0.05, 0) is 42.4 Å². The minimum atomic E-state index is 0.497. The number of hydrogen-bond acceptors (Lipinski definition) is 6. The van der Waals surface area contributed by atoms with Crippen molar-refractivity contribution in [3.8, 4) is 11.1 Å². The first-order chi connectivity index (χ1) is 11.2. The second-order valence-electron chi connectivity index (χ2n) is 5.42. The first-order valence-electron chi connectivity index (χ1n) is 7.51. The number of pyridine rings is 1. The molecule has 0 atom stereocenters. The zero-order valence-corrected chi connectivity index (χ0v) is 13.3. The van der Waals surface area contributed by atoms with Crippen molar-refractivity contribution in [3.05, 3.63) is 42.9 Å². The molecule has 0 saturated heterocycles. The van der Waals surface area contributed by atoms with Crippen LogP contribution in [-0.2, 0) is 0 Å². The Morgan fingerprint density at radius 3 is 2.74 bits per heavy atom. The minimum absolute atomic E-state index is 0.497. The minimum Gasteiger partial charge on any atom is -0.383 e. The average Bonchev–Trinajstić information content (AvgIpc) is 2.60. The van der Waals surface area contributed by atoms with E-state index >= 15 is 0 Å². The molecular formula is C17H20N6. The van der Waals surface area contributed by atoms with Gasteiger partial charge in [-0.25, -0.2) is 15.0 Å². The lowest BCUT2D eigenvalue weighted by Gasteiger charge is -2.18. The fraction of sp³-hybridized carbons (Fsp3) is 0.235. The Hall–Kier alpha value is -2.73. The van der Waals surface area contributed by atoms with Crippen molar-refractivity contribution in [2.45, 2.75) is 0 Å².